The summed E-state index contributed by atoms with van der Waals surface area (Å²) in [5.41, 5.74) is -0.785. The number of ether oxygens (including phenoxy) is 1. The Balaban J connectivity index is 2.11. The van der Waals surface area contributed by atoms with Gasteiger partial charge in [0.2, 0.25) is 0 Å². The lowest BCUT2D eigenvalue weighted by Gasteiger charge is -2.35. The van der Waals surface area contributed by atoms with Gasteiger partial charge in [-0.15, -0.1) is 0 Å². The number of rotatable bonds is 1. The van der Waals surface area contributed by atoms with E-state index in [2.05, 4.69) is 5.32 Å². The van der Waals surface area contributed by atoms with E-state index < -0.39 is 23.4 Å². The summed E-state index contributed by atoms with van der Waals surface area (Å²) in [5, 5.41) is 3.14. The molecule has 4 nitrogen and oxygen atoms in total. The van der Waals surface area contributed by atoms with Gasteiger partial charge >= 0.3 is 12.3 Å². The zero-order valence-electron chi connectivity index (χ0n) is 13.4. The van der Waals surface area contributed by atoms with Crippen LogP contribution in [-0.4, -0.2) is 36.2 Å². The molecule has 0 saturated carbocycles. The van der Waals surface area contributed by atoms with E-state index in [1.807, 2.05) is 0 Å². The normalized spacial score (nSPS) is 19.6. The van der Waals surface area contributed by atoms with Gasteiger partial charge in [0.05, 0.1) is 11.6 Å². The Bertz CT molecular complexity index is 567. The molecule has 128 valence electrons. The largest absolute Gasteiger partial charge is 0.444 e. The summed E-state index contributed by atoms with van der Waals surface area (Å²) >= 11 is 0. The Morgan fingerprint density at radius 2 is 2.00 bits per heavy atom. The Kier molecular flexibility index (Phi) is 4.89. The van der Waals surface area contributed by atoms with Gasteiger partial charge < -0.3 is 15.0 Å². The molecule has 1 N–H and O–H groups in total. The van der Waals surface area contributed by atoms with Gasteiger partial charge in [0.15, 0.2) is 0 Å². The molecule has 0 unspecified atom stereocenters. The van der Waals surface area contributed by atoms with Gasteiger partial charge in [-0.25, -0.2) is 4.79 Å². The average molecular weight is 330 g/mol. The SMILES string of the molecule is CC(C)(C)OC(=O)N1CCN[C@@H](c2cccc(C(F)(F)F)c2)C1. The van der Waals surface area contributed by atoms with E-state index in [1.165, 1.54) is 11.0 Å². The van der Waals surface area contributed by atoms with Crippen molar-refractivity contribution in [2.75, 3.05) is 19.6 Å². The van der Waals surface area contributed by atoms with Gasteiger partial charge in [-0.05, 0) is 38.5 Å². The molecule has 7 heteroatoms. The lowest BCUT2D eigenvalue weighted by Crippen LogP contribution is -2.49. The van der Waals surface area contributed by atoms with Gasteiger partial charge in [0, 0.05) is 19.6 Å². The first-order valence-corrected chi connectivity index (χ1v) is 7.45. The molecule has 1 aromatic rings. The number of hydrogen-bond donors (Lipinski definition) is 1. The summed E-state index contributed by atoms with van der Waals surface area (Å²) in [7, 11) is 0. The van der Waals surface area contributed by atoms with Crippen LogP contribution in [0.25, 0.3) is 0 Å². The molecule has 0 bridgehead atoms. The van der Waals surface area contributed by atoms with Crippen molar-refractivity contribution in [3.05, 3.63) is 35.4 Å². The smallest absolute Gasteiger partial charge is 0.416 e. The van der Waals surface area contributed by atoms with Crippen LogP contribution in [0.15, 0.2) is 24.3 Å². The summed E-state index contributed by atoms with van der Waals surface area (Å²) < 4.78 is 43.8. The fraction of sp³-hybridized carbons (Fsp3) is 0.562. The van der Waals surface area contributed by atoms with Crippen molar-refractivity contribution in [3.63, 3.8) is 0 Å². The van der Waals surface area contributed by atoms with Crippen LogP contribution in [0.3, 0.4) is 0 Å². The van der Waals surface area contributed by atoms with Crippen molar-refractivity contribution in [2.24, 2.45) is 0 Å². The van der Waals surface area contributed by atoms with Crippen molar-refractivity contribution in [2.45, 2.75) is 38.6 Å². The number of hydrogen-bond acceptors (Lipinski definition) is 3. The summed E-state index contributed by atoms with van der Waals surface area (Å²) in [6.45, 7) is 6.56. The number of carbonyl (C=O) groups excluding carboxylic acids is 1. The third-order valence-electron chi connectivity index (χ3n) is 3.44. The molecule has 0 aromatic heterocycles. The predicted octanol–water partition coefficient (Wildman–Crippen LogP) is 3.59. The molecule has 2 rings (SSSR count). The molecule has 1 aromatic carbocycles. The molecule has 0 radical (unpaired) electrons. The highest BCUT2D eigenvalue weighted by Crippen LogP contribution is 2.31. The Labute approximate surface area is 133 Å². The number of piperazine rings is 1. The van der Waals surface area contributed by atoms with Crippen LogP contribution < -0.4 is 5.32 Å². The van der Waals surface area contributed by atoms with E-state index >= 15 is 0 Å². The number of alkyl halides is 3. The maximum absolute atomic E-state index is 12.8. The fourth-order valence-electron chi connectivity index (χ4n) is 2.40. The van der Waals surface area contributed by atoms with Gasteiger partial charge in [-0.2, -0.15) is 13.2 Å². The second kappa shape index (κ2) is 6.39. The third-order valence-corrected chi connectivity index (χ3v) is 3.44. The first-order chi connectivity index (χ1) is 10.6. The van der Waals surface area contributed by atoms with Gasteiger partial charge in [-0.1, -0.05) is 12.1 Å². The minimum atomic E-state index is -4.38. The topological polar surface area (TPSA) is 41.6 Å². The van der Waals surface area contributed by atoms with E-state index in [0.717, 1.165) is 12.1 Å². The van der Waals surface area contributed by atoms with Crippen LogP contribution in [0.5, 0.6) is 0 Å². The number of carbonyl (C=O) groups is 1. The van der Waals surface area contributed by atoms with Crippen molar-refractivity contribution in [3.8, 4) is 0 Å². The van der Waals surface area contributed by atoms with E-state index in [9.17, 15) is 18.0 Å². The van der Waals surface area contributed by atoms with Gasteiger partial charge in [0.25, 0.3) is 0 Å². The van der Waals surface area contributed by atoms with E-state index in [1.54, 1.807) is 26.8 Å². The number of nitrogens with zero attached hydrogens (tertiary/aromatic N) is 1. The second-order valence-corrected chi connectivity index (χ2v) is 6.56. The molecule has 1 saturated heterocycles. The molecule has 1 heterocycles. The quantitative estimate of drug-likeness (QED) is 0.856. The zero-order valence-corrected chi connectivity index (χ0v) is 13.4. The standard InChI is InChI=1S/C16H21F3N2O2/c1-15(2,3)23-14(22)21-8-7-20-13(10-21)11-5-4-6-12(9-11)16(17,18)19/h4-6,9,13,20H,7-8,10H2,1-3H3/t13-/m1/s1. The van der Waals surface area contributed by atoms with Crippen molar-refractivity contribution >= 4 is 6.09 Å². The molecule has 1 atom stereocenters. The molecule has 1 aliphatic rings. The Morgan fingerprint density at radius 1 is 1.30 bits per heavy atom. The highest BCUT2D eigenvalue weighted by molar-refractivity contribution is 5.68. The van der Waals surface area contributed by atoms with Gasteiger partial charge in [-0.3, -0.25) is 0 Å². The monoisotopic (exact) mass is 330 g/mol. The zero-order chi connectivity index (χ0) is 17.3. The molecule has 0 spiro atoms. The lowest BCUT2D eigenvalue weighted by molar-refractivity contribution is -0.137. The Morgan fingerprint density at radius 3 is 2.61 bits per heavy atom. The molecular formula is C16H21F3N2O2. The van der Waals surface area contributed by atoms with Crippen LogP contribution in [-0.2, 0) is 10.9 Å². The van der Waals surface area contributed by atoms with Crippen LogP contribution in [0, 0.1) is 0 Å². The van der Waals surface area contributed by atoms with Crippen LogP contribution in [0.4, 0.5) is 18.0 Å². The first kappa shape index (κ1) is 17.6. The van der Waals surface area contributed by atoms with Crippen LogP contribution >= 0.6 is 0 Å². The number of amides is 1. The van der Waals surface area contributed by atoms with E-state index in [4.69, 9.17) is 4.74 Å². The Hall–Kier alpha value is -1.76. The van der Waals surface area contributed by atoms with Gasteiger partial charge in [0.1, 0.15) is 5.60 Å². The molecule has 1 aliphatic heterocycles. The average Bonchev–Trinajstić information content (AvgIpc) is 2.45. The molecular weight excluding hydrogens is 309 g/mol. The van der Waals surface area contributed by atoms with Crippen LogP contribution in [0.1, 0.15) is 37.9 Å². The molecule has 23 heavy (non-hydrogen) atoms. The second-order valence-electron chi connectivity index (χ2n) is 6.56. The van der Waals surface area contributed by atoms with Crippen LogP contribution in [0.2, 0.25) is 0 Å². The summed E-state index contributed by atoms with van der Waals surface area (Å²) in [4.78, 5) is 13.6. The lowest BCUT2D eigenvalue weighted by atomic mass is 10.0. The molecule has 1 fully saturated rings. The molecule has 1 amide bonds. The molecule has 0 aliphatic carbocycles. The summed E-state index contributed by atoms with van der Waals surface area (Å²) in [6, 6.07) is 4.82. The minimum absolute atomic E-state index is 0.274. The highest BCUT2D eigenvalue weighted by Gasteiger charge is 2.32. The maximum Gasteiger partial charge on any atom is 0.416 e. The highest BCUT2D eigenvalue weighted by atomic mass is 19.4. The van der Waals surface area contributed by atoms with Crippen molar-refractivity contribution in [1.82, 2.24) is 10.2 Å². The number of nitrogens with one attached hydrogen (secondary N) is 1. The first-order valence-electron chi connectivity index (χ1n) is 7.45. The van der Waals surface area contributed by atoms with E-state index in [0.29, 0.717) is 18.7 Å². The summed E-state index contributed by atoms with van der Waals surface area (Å²) in [6.07, 6.45) is -4.83. The number of halogens is 3. The minimum Gasteiger partial charge on any atom is -0.444 e. The summed E-state index contributed by atoms with van der Waals surface area (Å²) in [5.74, 6) is 0. The van der Waals surface area contributed by atoms with E-state index in [-0.39, 0.29) is 12.6 Å². The maximum atomic E-state index is 12.8. The van der Waals surface area contributed by atoms with Crippen molar-refractivity contribution in [1.29, 1.82) is 0 Å². The number of benzene rings is 1. The van der Waals surface area contributed by atoms with Crippen molar-refractivity contribution < 1.29 is 22.7 Å². The fourth-order valence-corrected chi connectivity index (χ4v) is 2.40. The predicted molar refractivity (Wildman–Crippen MR) is 80.0 cm³/mol. The third kappa shape index (κ3) is 4.86.